The molecule has 1 saturated carbocycles. The smallest absolute Gasteiger partial charge is 0.312 e. The van der Waals surface area contributed by atoms with Crippen molar-refractivity contribution in [3.63, 3.8) is 0 Å². The van der Waals surface area contributed by atoms with Gasteiger partial charge < -0.3 is 49.8 Å². The molecule has 64 heavy (non-hydrogen) atoms. The van der Waals surface area contributed by atoms with Gasteiger partial charge in [0.2, 0.25) is 0 Å². The number of amides is 1. The first-order valence-corrected chi connectivity index (χ1v) is 21.9. The van der Waals surface area contributed by atoms with E-state index in [2.05, 4.69) is 15.3 Å². The lowest BCUT2D eigenvalue weighted by Crippen LogP contribution is -2.47. The number of aliphatic hydroxyl groups is 2. The molecule has 1 aliphatic carbocycles. The second-order valence-corrected chi connectivity index (χ2v) is 17.8. The first kappa shape index (κ1) is 50.1. The van der Waals surface area contributed by atoms with Gasteiger partial charge in [0.25, 0.3) is 11.7 Å². The average Bonchev–Trinajstić information content (AvgIpc) is 3.89. The second kappa shape index (κ2) is 20.5. The summed E-state index contributed by atoms with van der Waals surface area (Å²) in [5, 5.41) is 67.6. The van der Waals surface area contributed by atoms with E-state index < -0.39 is 88.8 Å². The van der Waals surface area contributed by atoms with Crippen molar-refractivity contribution in [3.05, 3.63) is 52.8 Å². The molecule has 352 valence electrons. The Bertz CT molecular complexity index is 2200. The number of carbonyl (C=O) groups excluding carboxylic acids is 3. The fraction of sp³-hybridized carbons (Fsp3) is 0.574. The van der Waals surface area contributed by atoms with E-state index in [-0.39, 0.29) is 56.9 Å². The summed E-state index contributed by atoms with van der Waals surface area (Å²) in [4.78, 5) is 43.2. The van der Waals surface area contributed by atoms with E-state index in [1.54, 1.807) is 39.8 Å². The predicted octanol–water partition coefficient (Wildman–Crippen LogP) is 6.07. The van der Waals surface area contributed by atoms with E-state index in [1.165, 1.54) is 85.1 Å². The van der Waals surface area contributed by atoms with Gasteiger partial charge in [0, 0.05) is 93.4 Å². The summed E-state index contributed by atoms with van der Waals surface area (Å²) in [7, 11) is 1.44. The number of hydrogen-bond acceptors (Lipinski definition) is 15. The Morgan fingerprint density at radius 3 is 2.20 bits per heavy atom. The molecule has 7 rings (SSSR count). The van der Waals surface area contributed by atoms with Crippen molar-refractivity contribution < 1.29 is 58.9 Å². The van der Waals surface area contributed by atoms with Gasteiger partial charge in [-0.15, -0.1) is 12.4 Å². The summed E-state index contributed by atoms with van der Waals surface area (Å²) in [6, 6.07) is 0.553. The molecule has 9 atom stereocenters. The largest absolute Gasteiger partial charge is 0.507 e. The number of fused-ring (bicyclic) bond motifs is 14. The van der Waals surface area contributed by atoms with E-state index in [4.69, 9.17) is 18.9 Å². The number of benzene rings is 2. The lowest BCUT2D eigenvalue weighted by atomic mass is 9.78. The standard InChI is InChI=1S/C47H64N4O12.ClH/c1-24-13-12-14-25(2)46(59)49-37-32(23-48-51-20-18-50(19-21-51)31-15-10-11-16-31)41(56)34-35(42(37)57)40(55)29(6)44-36(34)45(58)47(8,63-44)61-22-17-33(60-9)26(3)43(62-30(7)52)28(5)39(54)27(4)38(24)53;/h12-14,17,22-24,26-28,31,33,38-39,43,53-57H,10-11,15-16,18-21H2,1-9H3,(H,49,59);1H/b13-12+,22-17+,25-14+,48-23-;/t24-,26+,27+,28+,33-,38-,39+,43+,47-;/m0./s1. The molecular weight excluding hydrogens is 848 g/mol. The summed E-state index contributed by atoms with van der Waals surface area (Å²) in [5.74, 6) is -8.28. The molecule has 5 bridgehead atoms. The zero-order valence-corrected chi connectivity index (χ0v) is 39.0. The molecule has 1 saturated heterocycles. The van der Waals surface area contributed by atoms with Crippen LogP contribution in [-0.2, 0) is 23.8 Å². The number of rotatable bonds is 5. The Balaban J connectivity index is 0.00000771. The molecule has 0 radical (unpaired) electrons. The maximum atomic E-state index is 14.5. The van der Waals surface area contributed by atoms with Crippen LogP contribution >= 0.6 is 12.4 Å². The van der Waals surface area contributed by atoms with Crippen molar-refractivity contribution in [3.8, 4) is 23.0 Å². The molecule has 2 aromatic rings. The number of Topliss-reactive ketones (excluding diaryl/α,β-unsaturated/α-hetero) is 1. The Hall–Kier alpha value is -4.87. The minimum Gasteiger partial charge on any atom is -0.507 e. The third kappa shape index (κ3) is 9.86. The highest BCUT2D eigenvalue weighted by molar-refractivity contribution is 6.23. The highest BCUT2D eigenvalue weighted by atomic mass is 35.5. The van der Waals surface area contributed by atoms with Crippen molar-refractivity contribution in [2.24, 2.45) is 28.8 Å². The van der Waals surface area contributed by atoms with Crippen molar-refractivity contribution in [1.82, 2.24) is 9.91 Å². The van der Waals surface area contributed by atoms with Crippen LogP contribution in [0.4, 0.5) is 5.69 Å². The number of hydrazone groups is 1. The van der Waals surface area contributed by atoms with Crippen molar-refractivity contribution >= 4 is 52.7 Å². The zero-order valence-electron chi connectivity index (χ0n) is 38.2. The summed E-state index contributed by atoms with van der Waals surface area (Å²) in [5.41, 5.74) is -0.293. The number of ether oxygens (including phenoxy) is 4. The molecule has 5 aliphatic rings. The minimum absolute atomic E-state index is 0. The molecule has 6 N–H and O–H groups in total. The van der Waals surface area contributed by atoms with Crippen LogP contribution in [0.15, 0.2) is 41.2 Å². The number of hydrogen-bond donors (Lipinski definition) is 6. The number of allylic oxidation sites excluding steroid dienone is 2. The molecular formula is C47H65ClN4O12. The monoisotopic (exact) mass is 912 g/mol. The van der Waals surface area contributed by atoms with Crippen LogP contribution in [0.5, 0.6) is 23.0 Å². The maximum Gasteiger partial charge on any atom is 0.312 e. The number of halogens is 1. The molecule has 4 aliphatic heterocycles. The molecule has 4 heterocycles. The molecule has 17 heteroatoms. The van der Waals surface area contributed by atoms with Crippen LogP contribution in [0.25, 0.3) is 10.8 Å². The van der Waals surface area contributed by atoms with Gasteiger partial charge in [-0.05, 0) is 32.8 Å². The highest BCUT2D eigenvalue weighted by Crippen LogP contribution is 2.55. The normalized spacial score (nSPS) is 31.9. The summed E-state index contributed by atoms with van der Waals surface area (Å²) < 4.78 is 23.7. The van der Waals surface area contributed by atoms with Crippen molar-refractivity contribution in [2.45, 2.75) is 117 Å². The Labute approximate surface area is 381 Å². The van der Waals surface area contributed by atoms with E-state index in [0.717, 1.165) is 13.1 Å². The number of aliphatic hydroxyl groups excluding tert-OH is 2. The quantitative estimate of drug-likeness (QED) is 0.0869. The Morgan fingerprint density at radius 1 is 0.922 bits per heavy atom. The summed E-state index contributed by atoms with van der Waals surface area (Å²) in [6.07, 6.45) is 9.75. The van der Waals surface area contributed by atoms with E-state index in [1.807, 2.05) is 5.01 Å². The Kier molecular flexibility index (Phi) is 16.1. The first-order chi connectivity index (χ1) is 29.8. The first-order valence-electron chi connectivity index (χ1n) is 21.9. The van der Waals surface area contributed by atoms with Crippen molar-refractivity contribution in [2.75, 3.05) is 38.6 Å². The van der Waals surface area contributed by atoms with Crippen molar-refractivity contribution in [1.29, 1.82) is 0 Å². The lowest BCUT2D eigenvalue weighted by molar-refractivity contribution is -0.160. The number of piperazine rings is 1. The van der Waals surface area contributed by atoms with Crippen LogP contribution in [0.1, 0.15) is 95.6 Å². The third-order valence-corrected chi connectivity index (χ3v) is 13.5. The van der Waals surface area contributed by atoms with Gasteiger partial charge in [0.05, 0.1) is 53.0 Å². The SMILES string of the molecule is CO[C@H]1/C=C/O[C@@]2(C)Oc3c(C)c(O)c4c(O)c(c(/C=N\N5CCN(C6CCCC6)CC5)c(O)c4c3C2=O)NC(=O)/C(C)=C/C=C/[C@H](C)[C@H](O)[C@@H](C)[C@@H](O)[C@@H](C)[C@H](OC(C)=O)[C@@H]1C.Cl. The minimum atomic E-state index is -2.04. The number of nitrogens with one attached hydrogen (secondary N) is 1. The van der Waals surface area contributed by atoms with Crippen LogP contribution in [0.2, 0.25) is 0 Å². The average molecular weight is 914 g/mol. The molecule has 2 aromatic carbocycles. The molecule has 0 aromatic heterocycles. The molecule has 0 spiro atoms. The van der Waals surface area contributed by atoms with E-state index in [0.29, 0.717) is 19.1 Å². The van der Waals surface area contributed by atoms with Crippen LogP contribution < -0.4 is 10.1 Å². The number of methoxy groups -OCH3 is 1. The number of anilines is 1. The number of phenolic OH excluding ortho intramolecular Hbond substituents is 3. The lowest BCUT2D eigenvalue weighted by Gasteiger charge is -2.38. The van der Waals surface area contributed by atoms with Crippen LogP contribution in [0.3, 0.4) is 0 Å². The number of ketones is 1. The predicted molar refractivity (Wildman–Crippen MR) is 244 cm³/mol. The zero-order chi connectivity index (χ0) is 46.1. The number of aromatic hydroxyl groups is 3. The fourth-order valence-corrected chi connectivity index (χ4v) is 9.47. The van der Waals surface area contributed by atoms with Gasteiger partial charge in [-0.2, -0.15) is 5.10 Å². The van der Waals surface area contributed by atoms with Gasteiger partial charge in [-0.3, -0.25) is 24.3 Å². The summed E-state index contributed by atoms with van der Waals surface area (Å²) in [6.45, 7) is 15.4. The van der Waals surface area contributed by atoms with Crippen LogP contribution in [0, 0.1) is 30.6 Å². The maximum absolute atomic E-state index is 14.5. The molecule has 16 nitrogen and oxygen atoms in total. The van der Waals surface area contributed by atoms with Gasteiger partial charge in [-0.25, -0.2) is 0 Å². The highest BCUT2D eigenvalue weighted by Gasteiger charge is 2.50. The van der Waals surface area contributed by atoms with Gasteiger partial charge in [0.1, 0.15) is 23.4 Å². The molecule has 0 unspecified atom stereocenters. The van der Waals surface area contributed by atoms with E-state index >= 15 is 0 Å². The van der Waals surface area contributed by atoms with Crippen LogP contribution in [-0.4, -0.2) is 129 Å². The van der Waals surface area contributed by atoms with Gasteiger partial charge in [0.15, 0.2) is 5.75 Å². The number of nitrogens with zero attached hydrogens (tertiary/aromatic N) is 3. The second-order valence-electron chi connectivity index (χ2n) is 17.8. The Morgan fingerprint density at radius 2 is 1.58 bits per heavy atom. The van der Waals surface area contributed by atoms with Gasteiger partial charge >= 0.3 is 11.8 Å². The number of esters is 1. The van der Waals surface area contributed by atoms with E-state index in [9.17, 15) is 39.9 Å². The fourth-order valence-electron chi connectivity index (χ4n) is 9.47. The molecule has 2 fully saturated rings. The number of carbonyl (C=O) groups is 3. The van der Waals surface area contributed by atoms with Gasteiger partial charge in [-0.1, -0.05) is 58.8 Å². The molecule has 1 amide bonds. The third-order valence-electron chi connectivity index (χ3n) is 13.5. The topological polar surface area (TPSA) is 220 Å². The number of phenols is 3. The summed E-state index contributed by atoms with van der Waals surface area (Å²) >= 11 is 0.